The Bertz CT molecular complexity index is 783. The SMILES string of the molecule is CC1(OCc2ccc(O)c(COC3(C)CCCCC3)c2COC2(C)CCCCC2)CCCCC1. The molecule has 0 spiro atoms. The molecule has 1 aromatic rings. The molecule has 1 aromatic carbocycles. The van der Waals surface area contributed by atoms with Crippen LogP contribution in [-0.4, -0.2) is 21.9 Å². The molecule has 0 aromatic heterocycles. The molecule has 3 saturated carbocycles. The van der Waals surface area contributed by atoms with Crippen molar-refractivity contribution in [3.05, 3.63) is 28.8 Å². The van der Waals surface area contributed by atoms with Crippen LogP contribution in [-0.2, 0) is 34.0 Å². The van der Waals surface area contributed by atoms with Crippen molar-refractivity contribution in [2.24, 2.45) is 0 Å². The Morgan fingerprint density at radius 2 is 0.941 bits per heavy atom. The van der Waals surface area contributed by atoms with E-state index in [4.69, 9.17) is 14.2 Å². The van der Waals surface area contributed by atoms with Gasteiger partial charge in [-0.25, -0.2) is 0 Å². The predicted octanol–water partition coefficient (Wildman–Crippen LogP) is 8.11. The lowest BCUT2D eigenvalue weighted by Crippen LogP contribution is -2.33. The van der Waals surface area contributed by atoms with Crippen molar-refractivity contribution in [3.63, 3.8) is 0 Å². The summed E-state index contributed by atoms with van der Waals surface area (Å²) in [5.41, 5.74) is 2.88. The molecule has 0 bridgehead atoms. The average Bonchev–Trinajstić information content (AvgIpc) is 2.83. The highest BCUT2D eigenvalue weighted by atomic mass is 16.5. The van der Waals surface area contributed by atoms with Gasteiger partial charge in [0.2, 0.25) is 0 Å². The lowest BCUT2D eigenvalue weighted by atomic mass is 9.86. The maximum absolute atomic E-state index is 10.9. The fourth-order valence-electron chi connectivity index (χ4n) is 6.28. The average molecular weight is 473 g/mol. The number of hydrogen-bond donors (Lipinski definition) is 1. The molecule has 0 aliphatic heterocycles. The van der Waals surface area contributed by atoms with Gasteiger partial charge in [-0.2, -0.15) is 0 Å². The van der Waals surface area contributed by atoms with Crippen molar-refractivity contribution in [2.45, 2.75) is 154 Å². The van der Waals surface area contributed by atoms with Crippen LogP contribution in [0.5, 0.6) is 5.75 Å². The van der Waals surface area contributed by atoms with Crippen molar-refractivity contribution >= 4 is 0 Å². The predicted molar refractivity (Wildman–Crippen MR) is 137 cm³/mol. The number of rotatable bonds is 9. The largest absolute Gasteiger partial charge is 0.508 e. The van der Waals surface area contributed by atoms with Crippen LogP contribution in [0.4, 0.5) is 0 Å². The van der Waals surface area contributed by atoms with Gasteiger partial charge in [-0.05, 0) is 76.5 Å². The Labute approximate surface area is 207 Å². The minimum absolute atomic E-state index is 0.0458. The third-order valence-electron chi connectivity index (χ3n) is 8.94. The summed E-state index contributed by atoms with van der Waals surface area (Å²) in [6, 6.07) is 3.87. The lowest BCUT2D eigenvalue weighted by molar-refractivity contribution is -0.0783. The van der Waals surface area contributed by atoms with Crippen LogP contribution in [0.3, 0.4) is 0 Å². The fourth-order valence-corrected chi connectivity index (χ4v) is 6.28. The Kier molecular flexibility index (Phi) is 8.64. The maximum atomic E-state index is 10.9. The van der Waals surface area contributed by atoms with Gasteiger partial charge in [-0.3, -0.25) is 0 Å². The molecule has 0 atom stereocenters. The Hall–Kier alpha value is -1.10. The summed E-state index contributed by atoms with van der Waals surface area (Å²) in [4.78, 5) is 0. The van der Waals surface area contributed by atoms with Crippen molar-refractivity contribution in [1.29, 1.82) is 0 Å². The van der Waals surface area contributed by atoms with Gasteiger partial charge >= 0.3 is 0 Å². The molecule has 0 heterocycles. The number of phenols is 1. The molecule has 1 N–H and O–H groups in total. The van der Waals surface area contributed by atoms with E-state index in [1.165, 1.54) is 57.8 Å². The van der Waals surface area contributed by atoms with Crippen LogP contribution < -0.4 is 0 Å². The van der Waals surface area contributed by atoms with Crippen molar-refractivity contribution in [3.8, 4) is 5.75 Å². The van der Waals surface area contributed by atoms with Crippen molar-refractivity contribution in [1.82, 2.24) is 0 Å². The highest BCUT2D eigenvalue weighted by Gasteiger charge is 2.32. The number of benzene rings is 1. The molecule has 3 aliphatic rings. The van der Waals surface area contributed by atoms with E-state index in [1.54, 1.807) is 0 Å². The van der Waals surface area contributed by atoms with E-state index in [1.807, 2.05) is 12.1 Å². The van der Waals surface area contributed by atoms with Gasteiger partial charge in [0.25, 0.3) is 0 Å². The first-order chi connectivity index (χ1) is 16.3. The molecule has 4 heteroatoms. The second-order valence-corrected chi connectivity index (χ2v) is 12.1. The first-order valence-electron chi connectivity index (χ1n) is 14.0. The van der Waals surface area contributed by atoms with E-state index in [0.717, 1.165) is 55.2 Å². The Balaban J connectivity index is 1.54. The second-order valence-electron chi connectivity index (χ2n) is 12.1. The molecule has 0 amide bonds. The van der Waals surface area contributed by atoms with E-state index in [0.29, 0.717) is 25.6 Å². The number of phenolic OH excluding ortho intramolecular Hbond substituents is 1. The highest BCUT2D eigenvalue weighted by molar-refractivity contribution is 5.44. The maximum Gasteiger partial charge on any atom is 0.121 e. The molecule has 34 heavy (non-hydrogen) atoms. The van der Waals surface area contributed by atoms with Gasteiger partial charge < -0.3 is 19.3 Å². The zero-order valence-electron chi connectivity index (χ0n) is 22.1. The van der Waals surface area contributed by atoms with Crippen molar-refractivity contribution < 1.29 is 19.3 Å². The van der Waals surface area contributed by atoms with E-state index >= 15 is 0 Å². The molecule has 0 radical (unpaired) electrons. The van der Waals surface area contributed by atoms with Crippen LogP contribution in [0.2, 0.25) is 0 Å². The lowest BCUT2D eigenvalue weighted by Gasteiger charge is -2.36. The summed E-state index contributed by atoms with van der Waals surface area (Å²) in [5, 5.41) is 10.9. The molecular formula is C30H48O4. The van der Waals surface area contributed by atoms with Gasteiger partial charge in [0.1, 0.15) is 5.75 Å². The van der Waals surface area contributed by atoms with Gasteiger partial charge in [0.15, 0.2) is 0 Å². The van der Waals surface area contributed by atoms with Gasteiger partial charge in [0, 0.05) is 5.56 Å². The second kappa shape index (κ2) is 11.3. The summed E-state index contributed by atoms with van der Waals surface area (Å²) in [6.45, 7) is 8.27. The standard InChI is InChI=1S/C30H48O4/c1-28(15-7-4-8-16-28)32-21-24-13-14-27(31)26(23-34-30(3)19-11-6-12-20-30)25(24)22-33-29(2)17-9-5-10-18-29/h13-14,31H,4-12,15-23H2,1-3H3. The van der Waals surface area contributed by atoms with Crippen LogP contribution in [0, 0.1) is 0 Å². The monoisotopic (exact) mass is 472 g/mol. The summed E-state index contributed by atoms with van der Waals surface area (Å²) >= 11 is 0. The number of hydrogen-bond acceptors (Lipinski definition) is 4. The van der Waals surface area contributed by atoms with E-state index in [9.17, 15) is 5.11 Å². The Morgan fingerprint density at radius 3 is 1.38 bits per heavy atom. The normalized spacial score (nSPS) is 24.1. The quantitative estimate of drug-likeness (QED) is 0.394. The van der Waals surface area contributed by atoms with Crippen LogP contribution in [0.1, 0.15) is 134 Å². The zero-order valence-corrected chi connectivity index (χ0v) is 22.1. The summed E-state index contributed by atoms with van der Waals surface area (Å²) in [7, 11) is 0. The van der Waals surface area contributed by atoms with Gasteiger partial charge in [0.05, 0.1) is 36.6 Å². The smallest absolute Gasteiger partial charge is 0.121 e. The van der Waals surface area contributed by atoms with Crippen LogP contribution in [0.25, 0.3) is 0 Å². The molecular weight excluding hydrogens is 424 g/mol. The van der Waals surface area contributed by atoms with E-state index in [2.05, 4.69) is 20.8 Å². The van der Waals surface area contributed by atoms with Crippen LogP contribution >= 0.6 is 0 Å². The number of aromatic hydroxyl groups is 1. The zero-order chi connectivity index (χ0) is 24.1. The first kappa shape index (κ1) is 26.0. The van der Waals surface area contributed by atoms with E-state index in [-0.39, 0.29) is 16.8 Å². The topological polar surface area (TPSA) is 47.9 Å². The molecule has 3 aliphatic carbocycles. The summed E-state index contributed by atoms with van der Waals surface area (Å²) in [6.07, 6.45) is 18.0. The summed E-state index contributed by atoms with van der Waals surface area (Å²) in [5.74, 6) is 0.319. The molecule has 3 fully saturated rings. The van der Waals surface area contributed by atoms with Crippen LogP contribution in [0.15, 0.2) is 12.1 Å². The molecule has 192 valence electrons. The van der Waals surface area contributed by atoms with Gasteiger partial charge in [-0.15, -0.1) is 0 Å². The van der Waals surface area contributed by atoms with E-state index < -0.39 is 0 Å². The first-order valence-corrected chi connectivity index (χ1v) is 14.0. The van der Waals surface area contributed by atoms with Crippen molar-refractivity contribution in [2.75, 3.05) is 0 Å². The highest BCUT2D eigenvalue weighted by Crippen LogP contribution is 2.38. The molecule has 0 saturated heterocycles. The summed E-state index contributed by atoms with van der Waals surface area (Å²) < 4.78 is 19.7. The minimum atomic E-state index is -0.0970. The minimum Gasteiger partial charge on any atom is -0.508 e. The number of ether oxygens (including phenoxy) is 3. The molecule has 4 nitrogen and oxygen atoms in total. The van der Waals surface area contributed by atoms with Gasteiger partial charge in [-0.1, -0.05) is 63.9 Å². The fraction of sp³-hybridized carbons (Fsp3) is 0.800. The third kappa shape index (κ3) is 6.77. The molecule has 4 rings (SSSR count). The third-order valence-corrected chi connectivity index (χ3v) is 8.94. The Morgan fingerprint density at radius 1 is 0.559 bits per heavy atom. The molecule has 0 unspecified atom stereocenters.